The number of aliphatic hydroxyl groups excluding tert-OH is 3. The van der Waals surface area contributed by atoms with Crippen LogP contribution in [-0.2, 0) is 4.74 Å². The highest BCUT2D eigenvalue weighted by Gasteiger charge is 2.44. The molecule has 8 nitrogen and oxygen atoms in total. The first kappa shape index (κ1) is 13.9. The maximum Gasteiger partial charge on any atom is 0.164 e. The van der Waals surface area contributed by atoms with Gasteiger partial charge in [0, 0.05) is 9.77 Å². The third-order valence-electron chi connectivity index (χ3n) is 3.38. The van der Waals surface area contributed by atoms with Gasteiger partial charge in [-0.05, 0) is 22.6 Å². The summed E-state index contributed by atoms with van der Waals surface area (Å²) in [6.45, 7) is -0.373. The normalized spacial score (nSPS) is 30.2. The Hall–Kier alpha value is -1.01. The van der Waals surface area contributed by atoms with Crippen molar-refractivity contribution < 1.29 is 20.1 Å². The molecule has 0 bridgehead atoms. The maximum absolute atomic E-state index is 10.1. The first-order valence-corrected chi connectivity index (χ1v) is 7.01. The van der Waals surface area contributed by atoms with Gasteiger partial charge in [-0.15, -0.1) is 0 Å². The third kappa shape index (κ3) is 1.97. The fourth-order valence-corrected chi connectivity index (χ4v) is 3.18. The van der Waals surface area contributed by atoms with E-state index in [2.05, 4.69) is 32.6 Å². The molecule has 20 heavy (non-hydrogen) atoms. The Labute approximate surface area is 127 Å². The van der Waals surface area contributed by atoms with Gasteiger partial charge in [-0.3, -0.25) is 0 Å². The highest BCUT2D eigenvalue weighted by molar-refractivity contribution is 14.1. The summed E-state index contributed by atoms with van der Waals surface area (Å²) in [5, 5.41) is 29.7. The molecule has 0 radical (unpaired) electrons. The molecule has 1 aliphatic rings. The first-order valence-electron chi connectivity index (χ1n) is 5.93. The van der Waals surface area contributed by atoms with Gasteiger partial charge in [-0.1, -0.05) is 0 Å². The summed E-state index contributed by atoms with van der Waals surface area (Å²) in [4.78, 5) is 8.08. The highest BCUT2D eigenvalue weighted by atomic mass is 127. The Morgan fingerprint density at radius 2 is 2.10 bits per heavy atom. The quantitative estimate of drug-likeness (QED) is 0.495. The molecule has 0 aromatic carbocycles. The van der Waals surface area contributed by atoms with Crippen LogP contribution >= 0.6 is 22.6 Å². The number of aliphatic hydroxyl groups is 3. The fraction of sp³-hybridized carbons (Fsp3) is 0.455. The van der Waals surface area contributed by atoms with Crippen molar-refractivity contribution in [3.63, 3.8) is 0 Å². The summed E-state index contributed by atoms with van der Waals surface area (Å²) in [6, 6.07) is 0. The number of nitrogens with two attached hydrogens (primary N) is 1. The van der Waals surface area contributed by atoms with Gasteiger partial charge in [0.1, 0.15) is 36.1 Å². The van der Waals surface area contributed by atoms with Crippen molar-refractivity contribution in [1.29, 1.82) is 0 Å². The van der Waals surface area contributed by atoms with Crippen molar-refractivity contribution in [3.05, 3.63) is 16.1 Å². The molecule has 2 aromatic heterocycles. The number of halogens is 1. The number of rotatable bonds is 2. The summed E-state index contributed by atoms with van der Waals surface area (Å²) < 4.78 is 7.90. The molecule has 4 atom stereocenters. The van der Waals surface area contributed by atoms with Crippen LogP contribution in [0.1, 0.15) is 6.23 Å². The van der Waals surface area contributed by atoms with Gasteiger partial charge in [0.2, 0.25) is 0 Å². The topological polar surface area (TPSA) is 127 Å². The molecule has 0 aliphatic carbocycles. The average molecular weight is 392 g/mol. The van der Waals surface area contributed by atoms with Crippen molar-refractivity contribution in [2.75, 3.05) is 12.3 Å². The molecule has 0 saturated carbocycles. The summed E-state index contributed by atoms with van der Waals surface area (Å²) in [5.41, 5.74) is 6.33. The largest absolute Gasteiger partial charge is 0.394 e. The van der Waals surface area contributed by atoms with E-state index in [1.807, 2.05) is 0 Å². The van der Waals surface area contributed by atoms with Gasteiger partial charge in [-0.2, -0.15) is 0 Å². The Kier molecular flexibility index (Phi) is 3.54. The molecule has 9 heteroatoms. The number of aromatic nitrogens is 3. The van der Waals surface area contributed by atoms with Gasteiger partial charge in [0.25, 0.3) is 0 Å². The number of fused-ring (bicyclic) bond motifs is 1. The Morgan fingerprint density at radius 3 is 2.75 bits per heavy atom. The van der Waals surface area contributed by atoms with E-state index < -0.39 is 24.5 Å². The van der Waals surface area contributed by atoms with Gasteiger partial charge in [0.05, 0.1) is 12.0 Å². The van der Waals surface area contributed by atoms with Crippen LogP contribution in [0.25, 0.3) is 11.0 Å². The van der Waals surface area contributed by atoms with E-state index >= 15 is 0 Å². The van der Waals surface area contributed by atoms with Gasteiger partial charge in [0.15, 0.2) is 6.23 Å². The van der Waals surface area contributed by atoms with Crippen LogP contribution in [0, 0.1) is 3.57 Å². The second kappa shape index (κ2) is 5.07. The molecule has 1 aliphatic heterocycles. The van der Waals surface area contributed by atoms with Crippen LogP contribution in [0.5, 0.6) is 0 Å². The number of ether oxygens (including phenoxy) is 1. The molecule has 5 N–H and O–H groups in total. The van der Waals surface area contributed by atoms with Crippen LogP contribution in [-0.4, -0.2) is 54.8 Å². The van der Waals surface area contributed by atoms with Crippen LogP contribution < -0.4 is 5.73 Å². The first-order chi connectivity index (χ1) is 9.54. The number of anilines is 1. The van der Waals surface area contributed by atoms with Crippen LogP contribution in [0.2, 0.25) is 0 Å². The lowest BCUT2D eigenvalue weighted by molar-refractivity contribution is -0.0509. The van der Waals surface area contributed by atoms with Crippen LogP contribution in [0.3, 0.4) is 0 Å². The van der Waals surface area contributed by atoms with Crippen LogP contribution in [0.4, 0.5) is 5.82 Å². The standard InChI is InChI=1S/C11H13IN4O4/c12-4-1-16(10-6(4)9(13)14-3-15-10)11-8(19)7(18)5(2-17)20-11/h1,3,5,7-8,11,17-19H,2H2,(H2,13,14,15)/t5-,7-,8+,11-/m1/s1. The molecule has 2 aromatic rings. The second-order valence-electron chi connectivity index (χ2n) is 4.57. The molecule has 108 valence electrons. The third-order valence-corrected chi connectivity index (χ3v) is 4.20. The monoisotopic (exact) mass is 392 g/mol. The number of hydrogen-bond donors (Lipinski definition) is 4. The molecule has 1 fully saturated rings. The zero-order chi connectivity index (χ0) is 14.4. The van der Waals surface area contributed by atoms with E-state index in [-0.39, 0.29) is 6.61 Å². The Morgan fingerprint density at radius 1 is 1.35 bits per heavy atom. The molecule has 3 heterocycles. The minimum absolute atomic E-state index is 0.338. The van der Waals surface area contributed by atoms with Crippen molar-refractivity contribution in [2.24, 2.45) is 0 Å². The van der Waals surface area contributed by atoms with Crippen molar-refractivity contribution in [2.45, 2.75) is 24.5 Å². The molecule has 1 saturated heterocycles. The SMILES string of the molecule is Nc1ncnc2c1c(I)cn2[C@@H]1O[C@H](CO)[C@@H](O)[C@@H]1O. The van der Waals surface area contributed by atoms with Gasteiger partial charge >= 0.3 is 0 Å². The van der Waals surface area contributed by atoms with E-state index in [4.69, 9.17) is 15.6 Å². The minimum Gasteiger partial charge on any atom is -0.394 e. The van der Waals surface area contributed by atoms with Crippen molar-refractivity contribution in [1.82, 2.24) is 14.5 Å². The molecule has 0 spiro atoms. The smallest absolute Gasteiger partial charge is 0.164 e. The molecular weight excluding hydrogens is 379 g/mol. The van der Waals surface area contributed by atoms with E-state index in [0.29, 0.717) is 16.9 Å². The lowest BCUT2D eigenvalue weighted by Crippen LogP contribution is -2.33. The summed E-state index contributed by atoms with van der Waals surface area (Å²) in [6.07, 6.45) is -0.928. The second-order valence-corrected chi connectivity index (χ2v) is 5.73. The molecular formula is C11H13IN4O4. The summed E-state index contributed by atoms with van der Waals surface area (Å²) in [5.74, 6) is 0.338. The van der Waals surface area contributed by atoms with Gasteiger partial charge in [-0.25, -0.2) is 9.97 Å². The van der Waals surface area contributed by atoms with Crippen molar-refractivity contribution in [3.8, 4) is 0 Å². The Bertz CT molecular complexity index is 649. The van der Waals surface area contributed by atoms with Crippen LogP contribution in [0.15, 0.2) is 12.5 Å². The highest BCUT2D eigenvalue weighted by Crippen LogP contribution is 2.34. The zero-order valence-electron chi connectivity index (χ0n) is 10.2. The molecule has 3 rings (SSSR count). The summed E-state index contributed by atoms with van der Waals surface area (Å²) >= 11 is 2.09. The lowest BCUT2D eigenvalue weighted by Gasteiger charge is -2.17. The van der Waals surface area contributed by atoms with E-state index in [9.17, 15) is 10.2 Å². The zero-order valence-corrected chi connectivity index (χ0v) is 12.4. The number of nitrogens with zero attached hydrogens (tertiary/aromatic N) is 3. The molecule has 0 unspecified atom stereocenters. The minimum atomic E-state index is -1.16. The predicted molar refractivity (Wildman–Crippen MR) is 77.7 cm³/mol. The van der Waals surface area contributed by atoms with Gasteiger partial charge < -0.3 is 30.4 Å². The van der Waals surface area contributed by atoms with E-state index in [1.54, 1.807) is 10.8 Å². The van der Waals surface area contributed by atoms with E-state index in [1.165, 1.54) is 6.33 Å². The fourth-order valence-electron chi connectivity index (χ4n) is 2.37. The Balaban J connectivity index is 2.10. The average Bonchev–Trinajstić information content (AvgIpc) is 2.90. The summed E-state index contributed by atoms with van der Waals surface area (Å²) in [7, 11) is 0. The predicted octanol–water partition coefficient (Wildman–Crippen LogP) is -0.770. The van der Waals surface area contributed by atoms with Crippen molar-refractivity contribution >= 4 is 39.4 Å². The number of hydrogen-bond acceptors (Lipinski definition) is 7. The number of nitrogen functional groups attached to an aromatic ring is 1. The maximum atomic E-state index is 10.1. The molecule has 0 amide bonds. The van der Waals surface area contributed by atoms with E-state index in [0.717, 1.165) is 3.57 Å². The lowest BCUT2D eigenvalue weighted by atomic mass is 10.1.